The maximum Gasteiger partial charge on any atom is 0.399 e. The van der Waals surface area contributed by atoms with Crippen molar-refractivity contribution in [1.29, 1.82) is 0 Å². The van der Waals surface area contributed by atoms with Crippen LogP contribution in [0.4, 0.5) is 0 Å². The second-order valence-electron chi connectivity index (χ2n) is 4.61. The molecule has 0 saturated carbocycles. The predicted molar refractivity (Wildman–Crippen MR) is 78.0 cm³/mol. The van der Waals surface area contributed by atoms with E-state index in [-0.39, 0.29) is 6.08 Å². The molecular formula is C17H11NO2. The van der Waals surface area contributed by atoms with E-state index in [2.05, 4.69) is 29.2 Å². The molecule has 4 aromatic rings. The van der Waals surface area contributed by atoms with Crippen molar-refractivity contribution < 1.29 is 9.15 Å². The van der Waals surface area contributed by atoms with E-state index < -0.39 is 0 Å². The van der Waals surface area contributed by atoms with E-state index in [9.17, 15) is 0 Å². The van der Waals surface area contributed by atoms with Gasteiger partial charge in [0.15, 0.2) is 0 Å². The zero-order valence-corrected chi connectivity index (χ0v) is 10.6. The third-order valence-corrected chi connectivity index (χ3v) is 3.29. The first-order chi connectivity index (χ1) is 9.88. The van der Waals surface area contributed by atoms with Crippen LogP contribution in [0.25, 0.3) is 21.5 Å². The quantitative estimate of drug-likeness (QED) is 0.487. The molecule has 96 valence electrons. The van der Waals surface area contributed by atoms with Gasteiger partial charge in [0.2, 0.25) is 0 Å². The van der Waals surface area contributed by atoms with Gasteiger partial charge in [-0.1, -0.05) is 30.3 Å². The van der Waals surface area contributed by atoms with Crippen LogP contribution in [0.3, 0.4) is 0 Å². The zero-order valence-electron chi connectivity index (χ0n) is 10.6. The van der Waals surface area contributed by atoms with Crippen LogP contribution in [0.5, 0.6) is 11.8 Å². The Hall–Kier alpha value is -2.81. The van der Waals surface area contributed by atoms with E-state index >= 15 is 0 Å². The van der Waals surface area contributed by atoms with Gasteiger partial charge in [-0.3, -0.25) is 0 Å². The van der Waals surface area contributed by atoms with Crippen molar-refractivity contribution >= 4 is 21.5 Å². The fourth-order valence-corrected chi connectivity index (χ4v) is 2.34. The highest BCUT2D eigenvalue weighted by atomic mass is 16.6. The smallest absolute Gasteiger partial charge is 0.399 e. The molecule has 3 nitrogen and oxygen atoms in total. The highest BCUT2D eigenvalue weighted by Gasteiger charge is 2.03. The Bertz CT molecular complexity index is 882. The maximum atomic E-state index is 5.56. The Kier molecular flexibility index (Phi) is 2.42. The number of hydrogen-bond donors (Lipinski definition) is 0. The van der Waals surface area contributed by atoms with Crippen LogP contribution in [-0.4, -0.2) is 4.98 Å². The summed E-state index contributed by atoms with van der Waals surface area (Å²) in [7, 11) is 0. The van der Waals surface area contributed by atoms with Crippen LogP contribution in [-0.2, 0) is 0 Å². The van der Waals surface area contributed by atoms with Crippen molar-refractivity contribution in [2.45, 2.75) is 0 Å². The summed E-state index contributed by atoms with van der Waals surface area (Å²) in [6.45, 7) is 0. The summed E-state index contributed by atoms with van der Waals surface area (Å²) < 4.78 is 10.6. The molecule has 0 spiro atoms. The fourth-order valence-electron chi connectivity index (χ4n) is 2.34. The van der Waals surface area contributed by atoms with E-state index in [1.165, 1.54) is 22.4 Å². The summed E-state index contributed by atoms with van der Waals surface area (Å²) in [4.78, 5) is 3.95. The number of rotatable bonds is 2. The molecule has 3 aromatic carbocycles. The van der Waals surface area contributed by atoms with E-state index in [4.69, 9.17) is 9.15 Å². The second-order valence-corrected chi connectivity index (χ2v) is 4.61. The van der Waals surface area contributed by atoms with Gasteiger partial charge in [0.25, 0.3) is 0 Å². The first kappa shape index (κ1) is 11.1. The van der Waals surface area contributed by atoms with Crippen molar-refractivity contribution in [1.82, 2.24) is 4.98 Å². The molecule has 0 aliphatic heterocycles. The minimum atomic E-state index is 0.255. The summed E-state index contributed by atoms with van der Waals surface area (Å²) in [5.74, 6) is 0.718. The van der Waals surface area contributed by atoms with Gasteiger partial charge in [-0.2, -0.15) is 4.98 Å². The average Bonchev–Trinajstić information content (AvgIpc) is 2.98. The molecule has 1 aromatic heterocycles. The molecule has 0 fully saturated rings. The van der Waals surface area contributed by atoms with Crippen molar-refractivity contribution in [3.63, 3.8) is 0 Å². The second kappa shape index (κ2) is 4.38. The van der Waals surface area contributed by atoms with Crippen LogP contribution >= 0.6 is 0 Å². The van der Waals surface area contributed by atoms with Crippen molar-refractivity contribution in [2.75, 3.05) is 0 Å². The predicted octanol–water partition coefficient (Wildman–Crippen LogP) is 4.77. The molecule has 0 saturated heterocycles. The van der Waals surface area contributed by atoms with Crippen LogP contribution in [0, 0.1) is 0 Å². The number of oxazole rings is 1. The van der Waals surface area contributed by atoms with Crippen LogP contribution in [0.1, 0.15) is 0 Å². The molecule has 0 aliphatic carbocycles. The van der Waals surface area contributed by atoms with Crippen LogP contribution < -0.4 is 4.74 Å². The Balaban J connectivity index is 1.83. The lowest BCUT2D eigenvalue weighted by molar-refractivity contribution is 0.331. The molecule has 0 radical (unpaired) electrons. The molecule has 0 aliphatic rings. The minimum absolute atomic E-state index is 0.255. The molecular weight excluding hydrogens is 250 g/mol. The minimum Gasteiger partial charge on any atom is -0.417 e. The third kappa shape index (κ3) is 1.89. The number of ether oxygens (including phenoxy) is 1. The molecule has 0 N–H and O–H groups in total. The van der Waals surface area contributed by atoms with E-state index in [1.807, 2.05) is 30.3 Å². The van der Waals surface area contributed by atoms with E-state index in [0.29, 0.717) is 0 Å². The molecule has 20 heavy (non-hydrogen) atoms. The first-order valence-electron chi connectivity index (χ1n) is 6.38. The maximum absolute atomic E-state index is 5.56. The van der Waals surface area contributed by atoms with Gasteiger partial charge in [0.1, 0.15) is 12.0 Å². The molecule has 4 rings (SSSR count). The summed E-state index contributed by atoms with van der Waals surface area (Å²) in [5.41, 5.74) is 0. The van der Waals surface area contributed by atoms with Gasteiger partial charge < -0.3 is 9.15 Å². The van der Waals surface area contributed by atoms with Gasteiger partial charge in [0, 0.05) is 0 Å². The van der Waals surface area contributed by atoms with Gasteiger partial charge in [-0.15, -0.1) is 0 Å². The Morgan fingerprint density at radius 2 is 1.55 bits per heavy atom. The monoisotopic (exact) mass is 261 g/mol. The molecule has 3 heteroatoms. The highest BCUT2D eigenvalue weighted by Crippen LogP contribution is 2.28. The largest absolute Gasteiger partial charge is 0.417 e. The fraction of sp³-hybridized carbons (Fsp3) is 0. The number of aromatic nitrogens is 1. The number of benzene rings is 3. The van der Waals surface area contributed by atoms with Gasteiger partial charge >= 0.3 is 6.08 Å². The Morgan fingerprint density at radius 1 is 0.800 bits per heavy atom. The lowest BCUT2D eigenvalue weighted by Gasteiger charge is -2.05. The first-order valence-corrected chi connectivity index (χ1v) is 6.38. The Morgan fingerprint density at radius 3 is 2.30 bits per heavy atom. The zero-order chi connectivity index (χ0) is 13.4. The topological polar surface area (TPSA) is 35.3 Å². The van der Waals surface area contributed by atoms with Crippen molar-refractivity contribution in [2.24, 2.45) is 0 Å². The van der Waals surface area contributed by atoms with Crippen LogP contribution in [0.2, 0.25) is 0 Å². The SMILES string of the molecule is c1ccc2cc3cc(Oc4ncco4)ccc3cc2c1. The van der Waals surface area contributed by atoms with Crippen molar-refractivity contribution in [3.05, 3.63) is 67.1 Å². The third-order valence-electron chi connectivity index (χ3n) is 3.29. The normalized spacial score (nSPS) is 11.0. The summed E-state index contributed by atoms with van der Waals surface area (Å²) in [6, 6.07) is 18.6. The lowest BCUT2D eigenvalue weighted by Crippen LogP contribution is -1.84. The van der Waals surface area contributed by atoms with E-state index in [0.717, 1.165) is 11.1 Å². The lowest BCUT2D eigenvalue weighted by atomic mass is 10.0. The molecule has 0 atom stereocenters. The average molecular weight is 261 g/mol. The number of hydrogen-bond acceptors (Lipinski definition) is 3. The van der Waals surface area contributed by atoms with Gasteiger partial charge in [-0.25, -0.2) is 0 Å². The standard InChI is InChI=1S/C17H11NO2/c1-2-4-13-10-15-11-16(20-17-18-7-8-19-17)6-5-14(15)9-12(13)3-1/h1-11H. The molecule has 0 unspecified atom stereocenters. The van der Waals surface area contributed by atoms with Crippen LogP contribution in [0.15, 0.2) is 71.5 Å². The number of fused-ring (bicyclic) bond motifs is 2. The highest BCUT2D eigenvalue weighted by molar-refractivity contribution is 5.98. The van der Waals surface area contributed by atoms with E-state index in [1.54, 1.807) is 6.20 Å². The summed E-state index contributed by atoms with van der Waals surface area (Å²) in [6.07, 6.45) is 3.30. The Labute approximate surface area is 115 Å². The summed E-state index contributed by atoms with van der Waals surface area (Å²) >= 11 is 0. The molecule has 0 bridgehead atoms. The number of nitrogens with zero attached hydrogens (tertiary/aromatic N) is 1. The summed E-state index contributed by atoms with van der Waals surface area (Å²) in [5, 5.41) is 4.77. The van der Waals surface area contributed by atoms with Crippen molar-refractivity contribution in [3.8, 4) is 11.8 Å². The molecule has 1 heterocycles. The van der Waals surface area contributed by atoms with Gasteiger partial charge in [0.05, 0.1) is 6.20 Å². The van der Waals surface area contributed by atoms with Gasteiger partial charge in [-0.05, 0) is 45.8 Å². The molecule has 0 amide bonds.